The average Bonchev–Trinajstić information content (AvgIpc) is 3.11. The van der Waals surface area contributed by atoms with Crippen LogP contribution in [0.25, 0.3) is 27.7 Å². The van der Waals surface area contributed by atoms with Crippen molar-refractivity contribution in [3.8, 4) is 16.9 Å². The van der Waals surface area contributed by atoms with E-state index in [0.717, 1.165) is 37.7 Å². The first kappa shape index (κ1) is 20.2. The van der Waals surface area contributed by atoms with Gasteiger partial charge in [0, 0.05) is 46.2 Å². The van der Waals surface area contributed by atoms with E-state index in [4.69, 9.17) is 9.15 Å². The molecule has 0 N–H and O–H groups in total. The van der Waals surface area contributed by atoms with E-state index in [1.54, 1.807) is 24.3 Å². The van der Waals surface area contributed by atoms with Crippen LogP contribution < -0.4 is 4.74 Å². The first-order valence-electron chi connectivity index (χ1n) is 9.31. The zero-order valence-electron chi connectivity index (χ0n) is 16.6. The van der Waals surface area contributed by atoms with Crippen LogP contribution in [-0.4, -0.2) is 31.0 Å². The van der Waals surface area contributed by atoms with Gasteiger partial charge in [-0.25, -0.2) is 0 Å². The van der Waals surface area contributed by atoms with Gasteiger partial charge in [-0.1, -0.05) is 28.1 Å². The Hall–Kier alpha value is -2.53. The molecule has 28 heavy (non-hydrogen) atoms. The topological polar surface area (TPSA) is 42.7 Å². The van der Waals surface area contributed by atoms with E-state index in [9.17, 15) is 4.79 Å². The van der Waals surface area contributed by atoms with Gasteiger partial charge < -0.3 is 14.1 Å². The number of halogens is 1. The second-order valence-electron chi connectivity index (χ2n) is 6.54. The quantitative estimate of drug-likeness (QED) is 0.431. The molecule has 0 aliphatic rings. The SMILES string of the molecule is CCN(CC)C(=O)/C=C(\C)c1cc2c(-c3ccc(Br)cc3)coc2cc1OC. The Morgan fingerprint density at radius 2 is 1.86 bits per heavy atom. The van der Waals surface area contributed by atoms with Crippen LogP contribution in [0.4, 0.5) is 0 Å². The number of amides is 1. The number of fused-ring (bicyclic) bond motifs is 1. The monoisotopic (exact) mass is 441 g/mol. The van der Waals surface area contributed by atoms with Crippen molar-refractivity contribution >= 4 is 38.4 Å². The van der Waals surface area contributed by atoms with Gasteiger partial charge in [-0.15, -0.1) is 0 Å². The highest BCUT2D eigenvalue weighted by Crippen LogP contribution is 2.37. The number of benzene rings is 2. The van der Waals surface area contributed by atoms with Crippen LogP contribution in [0.3, 0.4) is 0 Å². The van der Waals surface area contributed by atoms with Gasteiger partial charge in [0.15, 0.2) is 0 Å². The molecule has 3 rings (SSSR count). The molecule has 0 bridgehead atoms. The van der Waals surface area contributed by atoms with Crippen LogP contribution in [0.15, 0.2) is 57.6 Å². The molecule has 0 aliphatic carbocycles. The second-order valence-corrected chi connectivity index (χ2v) is 7.46. The summed E-state index contributed by atoms with van der Waals surface area (Å²) in [5, 5.41) is 0.987. The lowest BCUT2D eigenvalue weighted by Gasteiger charge is -2.17. The maximum Gasteiger partial charge on any atom is 0.246 e. The summed E-state index contributed by atoms with van der Waals surface area (Å²) < 4.78 is 12.4. The zero-order valence-corrected chi connectivity index (χ0v) is 18.2. The highest BCUT2D eigenvalue weighted by Gasteiger charge is 2.16. The Labute approximate surface area is 173 Å². The summed E-state index contributed by atoms with van der Waals surface area (Å²) in [6, 6.07) is 12.0. The molecule has 1 aromatic heterocycles. The molecule has 146 valence electrons. The summed E-state index contributed by atoms with van der Waals surface area (Å²) in [7, 11) is 1.63. The molecule has 0 radical (unpaired) electrons. The molecule has 0 saturated heterocycles. The van der Waals surface area contributed by atoms with E-state index in [2.05, 4.69) is 15.9 Å². The molecule has 0 spiro atoms. The number of ether oxygens (including phenoxy) is 1. The fraction of sp³-hybridized carbons (Fsp3) is 0.261. The number of nitrogens with zero attached hydrogens (tertiary/aromatic N) is 1. The van der Waals surface area contributed by atoms with E-state index in [-0.39, 0.29) is 5.91 Å². The predicted molar refractivity (Wildman–Crippen MR) is 117 cm³/mol. The van der Waals surface area contributed by atoms with Gasteiger partial charge in [0.2, 0.25) is 5.91 Å². The van der Waals surface area contributed by atoms with Crippen LogP contribution in [-0.2, 0) is 4.79 Å². The van der Waals surface area contributed by atoms with Crippen molar-refractivity contribution in [2.75, 3.05) is 20.2 Å². The Kier molecular flexibility index (Phi) is 6.25. The molecule has 0 unspecified atom stereocenters. The third kappa shape index (κ3) is 3.99. The summed E-state index contributed by atoms with van der Waals surface area (Å²) in [4.78, 5) is 14.3. The van der Waals surface area contributed by atoms with Crippen molar-refractivity contribution in [1.29, 1.82) is 0 Å². The summed E-state index contributed by atoms with van der Waals surface area (Å²) >= 11 is 3.47. The van der Waals surface area contributed by atoms with Crippen molar-refractivity contribution in [1.82, 2.24) is 4.90 Å². The maximum absolute atomic E-state index is 12.5. The lowest BCUT2D eigenvalue weighted by Crippen LogP contribution is -2.28. The standard InChI is InChI=1S/C23H24BrNO3/c1-5-25(6-2)23(26)11-15(3)18-12-19-20(16-7-9-17(24)10-8-16)14-28-22(19)13-21(18)27-4/h7-14H,5-6H2,1-4H3/b15-11+. The molecular weight excluding hydrogens is 418 g/mol. The summed E-state index contributed by atoms with van der Waals surface area (Å²) in [6.07, 6.45) is 3.44. The Balaban J connectivity index is 2.10. The Morgan fingerprint density at radius 3 is 2.46 bits per heavy atom. The number of hydrogen-bond acceptors (Lipinski definition) is 3. The molecule has 5 heteroatoms. The van der Waals surface area contributed by atoms with E-state index in [1.165, 1.54) is 0 Å². The molecule has 1 heterocycles. The minimum atomic E-state index is 0.00461. The highest BCUT2D eigenvalue weighted by atomic mass is 79.9. The smallest absolute Gasteiger partial charge is 0.246 e. The van der Waals surface area contributed by atoms with E-state index >= 15 is 0 Å². The molecule has 0 aliphatic heterocycles. The number of carbonyl (C=O) groups excluding carboxylic acids is 1. The average molecular weight is 442 g/mol. The van der Waals surface area contributed by atoms with Gasteiger partial charge in [0.25, 0.3) is 0 Å². The van der Waals surface area contributed by atoms with Crippen LogP contribution in [0.2, 0.25) is 0 Å². The molecule has 4 nitrogen and oxygen atoms in total. The summed E-state index contributed by atoms with van der Waals surface area (Å²) in [5.41, 5.74) is 4.57. The fourth-order valence-electron chi connectivity index (χ4n) is 3.27. The minimum Gasteiger partial charge on any atom is -0.496 e. The molecular formula is C23H24BrNO3. The number of methoxy groups -OCH3 is 1. The number of likely N-dealkylation sites (N-methyl/N-ethyl adjacent to an activating group) is 1. The fourth-order valence-corrected chi connectivity index (χ4v) is 3.54. The van der Waals surface area contributed by atoms with Crippen LogP contribution in [0.1, 0.15) is 26.3 Å². The van der Waals surface area contributed by atoms with Crippen molar-refractivity contribution in [2.24, 2.45) is 0 Å². The van der Waals surface area contributed by atoms with E-state index in [0.29, 0.717) is 18.8 Å². The summed E-state index contributed by atoms with van der Waals surface area (Å²) in [5.74, 6) is 0.690. The highest BCUT2D eigenvalue weighted by molar-refractivity contribution is 9.10. The zero-order chi connectivity index (χ0) is 20.3. The number of furan rings is 1. The van der Waals surface area contributed by atoms with Gasteiger partial charge in [-0.2, -0.15) is 0 Å². The third-order valence-corrected chi connectivity index (χ3v) is 5.42. The first-order chi connectivity index (χ1) is 13.5. The number of rotatable bonds is 6. The Bertz CT molecular complexity index is 1010. The second kappa shape index (κ2) is 8.65. The van der Waals surface area contributed by atoms with Crippen LogP contribution in [0, 0.1) is 0 Å². The molecule has 0 atom stereocenters. The molecule has 2 aromatic carbocycles. The third-order valence-electron chi connectivity index (χ3n) is 4.89. The van der Waals surface area contributed by atoms with Crippen molar-refractivity contribution in [3.05, 3.63) is 58.8 Å². The summed E-state index contributed by atoms with van der Waals surface area (Å²) in [6.45, 7) is 7.26. The molecule has 3 aromatic rings. The maximum atomic E-state index is 12.5. The van der Waals surface area contributed by atoms with Gasteiger partial charge in [-0.05, 0) is 50.1 Å². The number of allylic oxidation sites excluding steroid dienone is 1. The molecule has 0 fully saturated rings. The largest absolute Gasteiger partial charge is 0.496 e. The van der Waals surface area contributed by atoms with Crippen LogP contribution in [0.5, 0.6) is 5.75 Å². The van der Waals surface area contributed by atoms with Crippen molar-refractivity contribution in [2.45, 2.75) is 20.8 Å². The van der Waals surface area contributed by atoms with Gasteiger partial charge >= 0.3 is 0 Å². The predicted octanol–water partition coefficient (Wildman–Crippen LogP) is 6.14. The lowest BCUT2D eigenvalue weighted by molar-refractivity contribution is -0.125. The number of carbonyl (C=O) groups is 1. The van der Waals surface area contributed by atoms with Crippen molar-refractivity contribution in [3.63, 3.8) is 0 Å². The number of hydrogen-bond donors (Lipinski definition) is 0. The molecule has 1 amide bonds. The minimum absolute atomic E-state index is 0.00461. The normalized spacial score (nSPS) is 11.7. The first-order valence-corrected chi connectivity index (χ1v) is 10.1. The Morgan fingerprint density at radius 1 is 1.18 bits per heavy atom. The lowest BCUT2D eigenvalue weighted by atomic mass is 9.99. The van der Waals surface area contributed by atoms with Gasteiger partial charge in [0.05, 0.1) is 13.4 Å². The molecule has 0 saturated carbocycles. The van der Waals surface area contributed by atoms with Gasteiger partial charge in [0.1, 0.15) is 11.3 Å². The van der Waals surface area contributed by atoms with E-state index < -0.39 is 0 Å². The van der Waals surface area contributed by atoms with Gasteiger partial charge in [-0.3, -0.25) is 4.79 Å². The van der Waals surface area contributed by atoms with E-state index in [1.807, 2.05) is 57.2 Å². The van der Waals surface area contributed by atoms with Crippen LogP contribution >= 0.6 is 15.9 Å². The van der Waals surface area contributed by atoms with Crippen molar-refractivity contribution < 1.29 is 13.9 Å².